The molecule has 3 heterocycles. The molecule has 1 aliphatic heterocycles. The van der Waals surface area contributed by atoms with Crippen LogP contribution in [0.5, 0.6) is 17.2 Å². The number of hydrogen-bond donors (Lipinski definition) is 1. The van der Waals surface area contributed by atoms with Gasteiger partial charge < -0.3 is 19.5 Å². The number of aromatic nitrogens is 1. The predicted molar refractivity (Wildman–Crippen MR) is 102 cm³/mol. The third-order valence-electron chi connectivity index (χ3n) is 4.09. The molecule has 1 aliphatic rings. The first kappa shape index (κ1) is 17.4. The molecule has 0 radical (unpaired) electrons. The Morgan fingerprint density at radius 1 is 1.26 bits per heavy atom. The quantitative estimate of drug-likeness (QED) is 0.705. The van der Waals surface area contributed by atoms with E-state index in [-0.39, 0.29) is 12.7 Å². The Hall–Kier alpha value is -3.06. The standard InChI is InChI=1S/C20H18N2O4S/c1-13(26-15-4-5-17-18(10-15)25-12-24-17)20(23)22-11-14-6-7-21-16(9-14)19-3-2-8-27-19/h2-10,13H,11-12H2,1H3,(H,22,23)/t13-/m1/s1. The van der Waals surface area contributed by atoms with Gasteiger partial charge in [-0.05, 0) is 48.2 Å². The molecule has 0 spiro atoms. The Kier molecular flexibility index (Phi) is 4.93. The van der Waals surface area contributed by atoms with Gasteiger partial charge in [0.2, 0.25) is 6.79 Å². The first-order chi connectivity index (χ1) is 13.2. The SMILES string of the molecule is C[C@@H](Oc1ccc2c(c1)OCO2)C(=O)NCc1ccnc(-c2cccs2)c1. The fourth-order valence-corrected chi connectivity index (χ4v) is 3.38. The van der Waals surface area contributed by atoms with Crippen LogP contribution in [0.15, 0.2) is 54.0 Å². The van der Waals surface area contributed by atoms with Crippen molar-refractivity contribution in [2.45, 2.75) is 19.6 Å². The van der Waals surface area contributed by atoms with Crippen molar-refractivity contribution in [3.63, 3.8) is 0 Å². The van der Waals surface area contributed by atoms with Crippen molar-refractivity contribution in [3.8, 4) is 27.8 Å². The maximum Gasteiger partial charge on any atom is 0.261 e. The van der Waals surface area contributed by atoms with E-state index < -0.39 is 6.10 Å². The molecular weight excluding hydrogens is 364 g/mol. The normalized spacial score (nSPS) is 13.2. The van der Waals surface area contributed by atoms with Crippen molar-refractivity contribution in [1.82, 2.24) is 10.3 Å². The monoisotopic (exact) mass is 382 g/mol. The summed E-state index contributed by atoms with van der Waals surface area (Å²) >= 11 is 1.63. The second-order valence-corrected chi connectivity index (χ2v) is 6.97. The topological polar surface area (TPSA) is 69.7 Å². The number of carbonyl (C=O) groups excluding carboxylic acids is 1. The van der Waals surface area contributed by atoms with Gasteiger partial charge in [0, 0.05) is 18.8 Å². The largest absolute Gasteiger partial charge is 0.481 e. The highest BCUT2D eigenvalue weighted by molar-refractivity contribution is 7.13. The van der Waals surface area contributed by atoms with E-state index >= 15 is 0 Å². The Morgan fingerprint density at radius 2 is 2.15 bits per heavy atom. The van der Waals surface area contributed by atoms with Gasteiger partial charge in [0.1, 0.15) is 5.75 Å². The lowest BCUT2D eigenvalue weighted by atomic mass is 10.2. The van der Waals surface area contributed by atoms with Gasteiger partial charge in [0.25, 0.3) is 5.91 Å². The number of hydrogen-bond acceptors (Lipinski definition) is 6. The third kappa shape index (κ3) is 4.03. The van der Waals surface area contributed by atoms with Crippen LogP contribution in [0.4, 0.5) is 0 Å². The second-order valence-electron chi connectivity index (χ2n) is 6.02. The first-order valence-electron chi connectivity index (χ1n) is 8.52. The Labute approximate surface area is 160 Å². The molecule has 2 aromatic heterocycles. The van der Waals surface area contributed by atoms with Gasteiger partial charge in [0.05, 0.1) is 10.6 Å². The molecule has 0 fully saturated rings. The van der Waals surface area contributed by atoms with Gasteiger partial charge in [-0.1, -0.05) is 6.07 Å². The summed E-state index contributed by atoms with van der Waals surface area (Å²) in [5.41, 5.74) is 1.89. The average Bonchev–Trinajstić information content (AvgIpc) is 3.37. The molecule has 0 bridgehead atoms. The molecule has 0 saturated heterocycles. The van der Waals surface area contributed by atoms with E-state index in [2.05, 4.69) is 10.3 Å². The van der Waals surface area contributed by atoms with Crippen molar-refractivity contribution >= 4 is 17.2 Å². The minimum Gasteiger partial charge on any atom is -0.481 e. The average molecular weight is 382 g/mol. The van der Waals surface area contributed by atoms with Crippen molar-refractivity contribution in [2.75, 3.05) is 6.79 Å². The van der Waals surface area contributed by atoms with Crippen LogP contribution >= 0.6 is 11.3 Å². The molecule has 1 N–H and O–H groups in total. The van der Waals surface area contributed by atoms with Gasteiger partial charge in [-0.3, -0.25) is 9.78 Å². The second kappa shape index (κ2) is 7.67. The van der Waals surface area contributed by atoms with Gasteiger partial charge in [0.15, 0.2) is 17.6 Å². The number of benzene rings is 1. The molecule has 1 aromatic carbocycles. The lowest BCUT2D eigenvalue weighted by molar-refractivity contribution is -0.127. The zero-order chi connectivity index (χ0) is 18.6. The maximum absolute atomic E-state index is 12.4. The van der Waals surface area contributed by atoms with E-state index in [1.165, 1.54) is 0 Å². The lowest BCUT2D eigenvalue weighted by Gasteiger charge is -2.15. The summed E-state index contributed by atoms with van der Waals surface area (Å²) in [6.07, 6.45) is 1.12. The Morgan fingerprint density at radius 3 is 3.00 bits per heavy atom. The Bertz CT molecular complexity index is 943. The van der Waals surface area contributed by atoms with Crippen LogP contribution in [0.25, 0.3) is 10.6 Å². The first-order valence-corrected chi connectivity index (χ1v) is 9.40. The van der Waals surface area contributed by atoms with Crippen molar-refractivity contribution in [1.29, 1.82) is 0 Å². The number of pyridine rings is 1. The molecule has 0 unspecified atom stereocenters. The van der Waals surface area contributed by atoms with E-state index in [4.69, 9.17) is 14.2 Å². The smallest absolute Gasteiger partial charge is 0.261 e. The van der Waals surface area contributed by atoms with Crippen LogP contribution in [-0.4, -0.2) is 23.8 Å². The van der Waals surface area contributed by atoms with E-state index in [0.29, 0.717) is 23.8 Å². The highest BCUT2D eigenvalue weighted by atomic mass is 32.1. The van der Waals surface area contributed by atoms with E-state index in [0.717, 1.165) is 16.1 Å². The number of thiophene rings is 1. The molecule has 3 aromatic rings. The maximum atomic E-state index is 12.4. The third-order valence-corrected chi connectivity index (χ3v) is 4.98. The van der Waals surface area contributed by atoms with Crippen LogP contribution in [0.2, 0.25) is 0 Å². The molecule has 27 heavy (non-hydrogen) atoms. The highest BCUT2D eigenvalue weighted by Gasteiger charge is 2.18. The number of rotatable bonds is 6. The molecule has 4 rings (SSSR count). The number of nitrogens with one attached hydrogen (secondary N) is 1. The van der Waals surface area contributed by atoms with Gasteiger partial charge in [-0.25, -0.2) is 0 Å². The molecule has 0 aliphatic carbocycles. The number of carbonyl (C=O) groups is 1. The number of amides is 1. The zero-order valence-electron chi connectivity index (χ0n) is 14.7. The van der Waals surface area contributed by atoms with Crippen LogP contribution in [0.1, 0.15) is 12.5 Å². The number of ether oxygens (including phenoxy) is 3. The summed E-state index contributed by atoms with van der Waals surface area (Å²) in [6.45, 7) is 2.33. The zero-order valence-corrected chi connectivity index (χ0v) is 15.5. The summed E-state index contributed by atoms with van der Waals surface area (Å²) < 4.78 is 16.3. The van der Waals surface area contributed by atoms with E-state index in [1.807, 2.05) is 29.6 Å². The molecule has 6 nitrogen and oxygen atoms in total. The van der Waals surface area contributed by atoms with Crippen molar-refractivity contribution in [3.05, 3.63) is 59.6 Å². The van der Waals surface area contributed by atoms with Crippen LogP contribution in [-0.2, 0) is 11.3 Å². The number of fused-ring (bicyclic) bond motifs is 1. The summed E-state index contributed by atoms with van der Waals surface area (Å²) in [4.78, 5) is 17.8. The molecule has 7 heteroatoms. The summed E-state index contributed by atoms with van der Waals surface area (Å²) in [7, 11) is 0. The minimum atomic E-state index is -0.635. The molecule has 0 saturated carbocycles. The number of nitrogens with zero attached hydrogens (tertiary/aromatic N) is 1. The minimum absolute atomic E-state index is 0.192. The van der Waals surface area contributed by atoms with Crippen molar-refractivity contribution in [2.24, 2.45) is 0 Å². The molecular formula is C20H18N2O4S. The van der Waals surface area contributed by atoms with E-state index in [1.54, 1.807) is 42.7 Å². The molecule has 1 amide bonds. The highest BCUT2D eigenvalue weighted by Crippen LogP contribution is 2.35. The molecule has 1 atom stereocenters. The fourth-order valence-electron chi connectivity index (χ4n) is 2.68. The lowest BCUT2D eigenvalue weighted by Crippen LogP contribution is -2.35. The van der Waals surface area contributed by atoms with Gasteiger partial charge >= 0.3 is 0 Å². The van der Waals surface area contributed by atoms with Crippen LogP contribution in [0, 0.1) is 0 Å². The summed E-state index contributed by atoms with van der Waals surface area (Å²) in [5.74, 6) is 1.67. The predicted octanol–water partition coefficient (Wildman–Crippen LogP) is 3.62. The summed E-state index contributed by atoms with van der Waals surface area (Å²) in [5, 5.41) is 4.91. The van der Waals surface area contributed by atoms with Gasteiger partial charge in [-0.2, -0.15) is 0 Å². The van der Waals surface area contributed by atoms with Crippen LogP contribution < -0.4 is 19.5 Å². The van der Waals surface area contributed by atoms with Gasteiger partial charge in [-0.15, -0.1) is 11.3 Å². The summed E-state index contributed by atoms with van der Waals surface area (Å²) in [6, 6.07) is 13.1. The van der Waals surface area contributed by atoms with E-state index in [9.17, 15) is 4.79 Å². The van der Waals surface area contributed by atoms with Crippen molar-refractivity contribution < 1.29 is 19.0 Å². The van der Waals surface area contributed by atoms with Crippen LogP contribution in [0.3, 0.4) is 0 Å². The molecule has 138 valence electrons. The Balaban J connectivity index is 1.34. The fraction of sp³-hybridized carbons (Fsp3) is 0.200.